The van der Waals surface area contributed by atoms with Gasteiger partial charge in [-0.2, -0.15) is 0 Å². The quantitative estimate of drug-likeness (QED) is 0.566. The SMILES string of the molecule is CNC(=O)CNC(=O)NCc1ccc(C(=O)O)o1. The summed E-state index contributed by atoms with van der Waals surface area (Å²) >= 11 is 0. The molecule has 0 aliphatic heterocycles. The van der Waals surface area contributed by atoms with Gasteiger partial charge in [0.2, 0.25) is 11.7 Å². The van der Waals surface area contributed by atoms with E-state index in [9.17, 15) is 14.4 Å². The second kappa shape index (κ2) is 6.28. The van der Waals surface area contributed by atoms with E-state index in [0.717, 1.165) is 0 Å². The van der Waals surface area contributed by atoms with Gasteiger partial charge in [-0.05, 0) is 12.1 Å². The van der Waals surface area contributed by atoms with Gasteiger partial charge in [0.1, 0.15) is 5.76 Å². The first-order valence-electron chi connectivity index (χ1n) is 5.07. The summed E-state index contributed by atoms with van der Waals surface area (Å²) < 4.78 is 4.92. The molecule has 0 saturated carbocycles. The molecule has 1 aromatic rings. The predicted molar refractivity (Wildman–Crippen MR) is 60.0 cm³/mol. The van der Waals surface area contributed by atoms with Crippen molar-refractivity contribution in [2.45, 2.75) is 6.54 Å². The highest BCUT2D eigenvalue weighted by molar-refractivity contribution is 5.84. The Morgan fingerprint density at radius 3 is 2.56 bits per heavy atom. The Morgan fingerprint density at radius 1 is 1.28 bits per heavy atom. The molecule has 1 aromatic heterocycles. The largest absolute Gasteiger partial charge is 0.475 e. The number of rotatable bonds is 5. The van der Waals surface area contributed by atoms with E-state index in [-0.39, 0.29) is 24.8 Å². The molecular weight excluding hydrogens is 242 g/mol. The van der Waals surface area contributed by atoms with Crippen LogP contribution in [0.15, 0.2) is 16.5 Å². The lowest BCUT2D eigenvalue weighted by Crippen LogP contribution is -2.40. The van der Waals surface area contributed by atoms with Crippen molar-refractivity contribution in [3.63, 3.8) is 0 Å². The number of carbonyl (C=O) groups excluding carboxylic acids is 2. The molecule has 4 N–H and O–H groups in total. The van der Waals surface area contributed by atoms with Crippen LogP contribution in [-0.4, -0.2) is 36.6 Å². The number of furan rings is 1. The Kier molecular flexibility index (Phi) is 4.73. The summed E-state index contributed by atoms with van der Waals surface area (Å²) in [6.45, 7) is -0.103. The van der Waals surface area contributed by atoms with Crippen molar-refractivity contribution in [3.05, 3.63) is 23.7 Å². The summed E-state index contributed by atoms with van der Waals surface area (Å²) in [5.41, 5.74) is 0. The molecule has 0 aromatic carbocycles. The van der Waals surface area contributed by atoms with Crippen molar-refractivity contribution in [2.75, 3.05) is 13.6 Å². The topological polar surface area (TPSA) is 121 Å². The Morgan fingerprint density at radius 2 is 2.00 bits per heavy atom. The molecule has 0 aliphatic carbocycles. The molecule has 98 valence electrons. The van der Waals surface area contributed by atoms with Gasteiger partial charge < -0.3 is 25.5 Å². The van der Waals surface area contributed by atoms with Crippen LogP contribution in [0.1, 0.15) is 16.3 Å². The lowest BCUT2D eigenvalue weighted by Gasteiger charge is -2.05. The highest BCUT2D eigenvalue weighted by Crippen LogP contribution is 2.07. The molecule has 0 atom stereocenters. The molecule has 8 nitrogen and oxygen atoms in total. The number of carboxylic acids is 1. The van der Waals surface area contributed by atoms with Gasteiger partial charge in [0.05, 0.1) is 13.1 Å². The number of hydrogen-bond donors (Lipinski definition) is 4. The lowest BCUT2D eigenvalue weighted by molar-refractivity contribution is -0.119. The van der Waals surface area contributed by atoms with Gasteiger partial charge in [0, 0.05) is 7.05 Å². The molecule has 0 bridgehead atoms. The summed E-state index contributed by atoms with van der Waals surface area (Å²) in [5, 5.41) is 15.7. The monoisotopic (exact) mass is 255 g/mol. The number of carboxylic acid groups (broad SMARTS) is 1. The van der Waals surface area contributed by atoms with E-state index in [0.29, 0.717) is 5.76 Å². The van der Waals surface area contributed by atoms with Crippen LogP contribution in [-0.2, 0) is 11.3 Å². The van der Waals surface area contributed by atoms with Gasteiger partial charge in [-0.15, -0.1) is 0 Å². The average molecular weight is 255 g/mol. The summed E-state index contributed by atoms with van der Waals surface area (Å²) in [5.74, 6) is -1.39. The number of carbonyl (C=O) groups is 3. The van der Waals surface area contributed by atoms with Crippen molar-refractivity contribution >= 4 is 17.9 Å². The molecule has 8 heteroatoms. The van der Waals surface area contributed by atoms with Gasteiger partial charge in [-0.25, -0.2) is 9.59 Å². The molecule has 0 saturated heterocycles. The first-order chi connectivity index (χ1) is 8.52. The fourth-order valence-corrected chi connectivity index (χ4v) is 1.07. The zero-order valence-corrected chi connectivity index (χ0v) is 9.65. The summed E-state index contributed by atoms with van der Waals surface area (Å²) in [6.07, 6.45) is 0. The molecule has 3 amide bonds. The molecule has 0 spiro atoms. The summed E-state index contributed by atoms with van der Waals surface area (Å²) in [4.78, 5) is 32.6. The lowest BCUT2D eigenvalue weighted by atomic mass is 10.4. The van der Waals surface area contributed by atoms with Gasteiger partial charge in [-0.1, -0.05) is 0 Å². The summed E-state index contributed by atoms with van der Waals surface area (Å²) in [6, 6.07) is 2.19. The van der Waals surface area contributed by atoms with E-state index >= 15 is 0 Å². The van der Waals surface area contributed by atoms with Gasteiger partial charge in [0.15, 0.2) is 0 Å². The van der Waals surface area contributed by atoms with Crippen LogP contribution in [0.5, 0.6) is 0 Å². The van der Waals surface area contributed by atoms with Crippen molar-refractivity contribution in [2.24, 2.45) is 0 Å². The van der Waals surface area contributed by atoms with E-state index in [1.807, 2.05) is 0 Å². The number of aromatic carboxylic acids is 1. The maximum absolute atomic E-state index is 11.2. The minimum absolute atomic E-state index is 0.0346. The van der Waals surface area contributed by atoms with E-state index in [2.05, 4.69) is 16.0 Å². The number of amides is 3. The number of urea groups is 1. The maximum atomic E-state index is 11.2. The molecule has 0 unspecified atom stereocenters. The van der Waals surface area contributed by atoms with E-state index in [4.69, 9.17) is 9.52 Å². The zero-order chi connectivity index (χ0) is 13.5. The van der Waals surface area contributed by atoms with Crippen LogP contribution >= 0.6 is 0 Å². The van der Waals surface area contributed by atoms with Crippen LogP contribution in [0, 0.1) is 0 Å². The first-order valence-corrected chi connectivity index (χ1v) is 5.07. The molecule has 0 aliphatic rings. The fraction of sp³-hybridized carbons (Fsp3) is 0.300. The fourth-order valence-electron chi connectivity index (χ4n) is 1.07. The maximum Gasteiger partial charge on any atom is 0.371 e. The number of likely N-dealkylation sites (N-methyl/N-ethyl adjacent to an activating group) is 1. The van der Waals surface area contributed by atoms with E-state index < -0.39 is 12.0 Å². The minimum atomic E-state index is -1.18. The predicted octanol–water partition coefficient (Wildman–Crippen LogP) is -0.477. The van der Waals surface area contributed by atoms with E-state index in [1.165, 1.54) is 19.2 Å². The van der Waals surface area contributed by atoms with Crippen LogP contribution in [0.4, 0.5) is 4.79 Å². The Bertz CT molecular complexity index is 454. The highest BCUT2D eigenvalue weighted by Gasteiger charge is 2.09. The third kappa shape index (κ3) is 4.16. The minimum Gasteiger partial charge on any atom is -0.475 e. The molecule has 0 fully saturated rings. The molecule has 18 heavy (non-hydrogen) atoms. The molecule has 0 radical (unpaired) electrons. The van der Waals surface area contributed by atoms with Gasteiger partial charge in [-0.3, -0.25) is 4.79 Å². The second-order valence-electron chi connectivity index (χ2n) is 3.28. The van der Waals surface area contributed by atoms with Crippen molar-refractivity contribution < 1.29 is 23.9 Å². The average Bonchev–Trinajstić information content (AvgIpc) is 2.82. The third-order valence-corrected chi connectivity index (χ3v) is 1.98. The van der Waals surface area contributed by atoms with E-state index in [1.54, 1.807) is 0 Å². The number of hydrogen-bond acceptors (Lipinski definition) is 4. The van der Waals surface area contributed by atoms with Gasteiger partial charge in [0.25, 0.3) is 0 Å². The molecule has 1 rings (SSSR count). The van der Waals surface area contributed by atoms with Crippen LogP contribution in [0.25, 0.3) is 0 Å². The Labute approximate surface area is 102 Å². The Hall–Kier alpha value is -2.51. The standard InChI is InChI=1S/C10H13N3O5/c1-11-8(14)5-13-10(17)12-4-6-2-3-7(18-6)9(15)16/h2-3H,4-5H2,1H3,(H,11,14)(H,15,16)(H2,12,13,17). The normalized spacial score (nSPS) is 9.61. The van der Waals surface area contributed by atoms with Crippen molar-refractivity contribution in [1.29, 1.82) is 0 Å². The summed E-state index contributed by atoms with van der Waals surface area (Å²) in [7, 11) is 1.46. The number of nitrogens with one attached hydrogen (secondary N) is 3. The highest BCUT2D eigenvalue weighted by atomic mass is 16.4. The smallest absolute Gasteiger partial charge is 0.371 e. The third-order valence-electron chi connectivity index (χ3n) is 1.98. The van der Waals surface area contributed by atoms with Crippen LogP contribution in [0.2, 0.25) is 0 Å². The Balaban J connectivity index is 2.33. The first kappa shape index (κ1) is 13.6. The van der Waals surface area contributed by atoms with Crippen molar-refractivity contribution in [3.8, 4) is 0 Å². The van der Waals surface area contributed by atoms with Gasteiger partial charge >= 0.3 is 12.0 Å². The molecular formula is C10H13N3O5. The van der Waals surface area contributed by atoms with Crippen LogP contribution < -0.4 is 16.0 Å². The molecule has 1 heterocycles. The van der Waals surface area contributed by atoms with Crippen LogP contribution in [0.3, 0.4) is 0 Å². The van der Waals surface area contributed by atoms with Crippen molar-refractivity contribution in [1.82, 2.24) is 16.0 Å². The second-order valence-corrected chi connectivity index (χ2v) is 3.28. The zero-order valence-electron chi connectivity index (χ0n) is 9.65.